The zero-order valence-electron chi connectivity index (χ0n) is 14.4. The van der Waals surface area contributed by atoms with E-state index in [-0.39, 0.29) is 24.6 Å². The van der Waals surface area contributed by atoms with Gasteiger partial charge in [0.05, 0.1) is 0 Å². The zero-order valence-corrected chi connectivity index (χ0v) is 14.4. The van der Waals surface area contributed by atoms with Crippen LogP contribution in [0.15, 0.2) is 30.3 Å². The Morgan fingerprint density at radius 2 is 1.83 bits per heavy atom. The number of ether oxygens (including phenoxy) is 1. The molecule has 0 aromatic heterocycles. The van der Waals surface area contributed by atoms with Crippen molar-refractivity contribution < 1.29 is 19.4 Å². The summed E-state index contributed by atoms with van der Waals surface area (Å²) in [5.74, 6) is -0.596. The molecule has 0 saturated heterocycles. The lowest BCUT2D eigenvalue weighted by Gasteiger charge is -2.29. The van der Waals surface area contributed by atoms with E-state index in [0.717, 1.165) is 11.1 Å². The molecule has 1 N–H and O–H groups in total. The number of carbonyl (C=O) groups is 2. The van der Waals surface area contributed by atoms with Gasteiger partial charge in [-0.15, -0.1) is 0 Å². The van der Waals surface area contributed by atoms with E-state index >= 15 is 0 Å². The van der Waals surface area contributed by atoms with E-state index < -0.39 is 5.97 Å². The molecule has 0 heterocycles. The highest BCUT2D eigenvalue weighted by Gasteiger charge is 2.18. The first-order valence-corrected chi connectivity index (χ1v) is 7.68. The van der Waals surface area contributed by atoms with E-state index in [9.17, 15) is 9.59 Å². The number of benzene rings is 1. The quantitative estimate of drug-likeness (QED) is 0.784. The van der Waals surface area contributed by atoms with Crippen LogP contribution in [0.1, 0.15) is 40.2 Å². The fourth-order valence-electron chi connectivity index (χ4n) is 2.42. The number of allylic oxidation sites excluding steroid dienone is 1. The minimum Gasteiger partial charge on any atom is -0.482 e. The molecule has 0 unspecified atom stereocenters. The molecule has 0 aliphatic rings. The van der Waals surface area contributed by atoms with E-state index in [2.05, 4.69) is 0 Å². The molecule has 0 saturated carbocycles. The van der Waals surface area contributed by atoms with Crippen molar-refractivity contribution in [1.82, 2.24) is 4.90 Å². The largest absolute Gasteiger partial charge is 0.482 e. The molecular formula is C18H25NO4. The van der Waals surface area contributed by atoms with Crippen LogP contribution in [0.5, 0.6) is 5.75 Å². The first kappa shape index (κ1) is 18.7. The number of nitrogens with zero attached hydrogens (tertiary/aromatic N) is 1. The van der Waals surface area contributed by atoms with Gasteiger partial charge in [0.1, 0.15) is 5.75 Å². The molecule has 0 radical (unpaired) electrons. The lowest BCUT2D eigenvalue weighted by atomic mass is 10.1. The van der Waals surface area contributed by atoms with Crippen LogP contribution < -0.4 is 4.74 Å². The van der Waals surface area contributed by atoms with Gasteiger partial charge in [-0.2, -0.15) is 0 Å². The van der Waals surface area contributed by atoms with Crippen LogP contribution in [0.25, 0.3) is 5.57 Å². The van der Waals surface area contributed by atoms with Gasteiger partial charge in [-0.1, -0.05) is 12.1 Å². The lowest BCUT2D eigenvalue weighted by Crippen LogP contribution is -2.41. The maximum atomic E-state index is 12.5. The van der Waals surface area contributed by atoms with Gasteiger partial charge in [-0.3, -0.25) is 4.79 Å². The second-order valence-electron chi connectivity index (χ2n) is 5.97. The summed E-state index contributed by atoms with van der Waals surface area (Å²) in [6, 6.07) is 7.31. The van der Waals surface area contributed by atoms with Crippen LogP contribution in [0.2, 0.25) is 0 Å². The molecule has 0 aliphatic heterocycles. The molecule has 0 spiro atoms. The standard InChI is InChI=1S/C18H25NO4/c1-12(2)19(13(3)4)17(20)9-14(5)15-7-6-8-16(10-15)23-11-18(21)22/h6-10,12-13H,11H2,1-5H3,(H,21,22)/b14-9+. The molecule has 126 valence electrons. The molecule has 1 aromatic rings. The fraction of sp³-hybridized carbons (Fsp3) is 0.444. The van der Waals surface area contributed by atoms with Crippen LogP contribution >= 0.6 is 0 Å². The molecule has 0 fully saturated rings. The van der Waals surface area contributed by atoms with E-state index in [1.54, 1.807) is 24.3 Å². The molecular weight excluding hydrogens is 294 g/mol. The molecule has 0 bridgehead atoms. The normalized spacial score (nSPS) is 11.7. The smallest absolute Gasteiger partial charge is 0.341 e. The van der Waals surface area contributed by atoms with Crippen LogP contribution in [0.4, 0.5) is 0 Å². The van der Waals surface area contributed by atoms with Crippen molar-refractivity contribution in [2.45, 2.75) is 46.7 Å². The fourth-order valence-corrected chi connectivity index (χ4v) is 2.42. The summed E-state index contributed by atoms with van der Waals surface area (Å²) in [5.41, 5.74) is 1.63. The first-order chi connectivity index (χ1) is 10.7. The molecule has 1 rings (SSSR count). The third kappa shape index (κ3) is 5.77. The van der Waals surface area contributed by atoms with Crippen molar-refractivity contribution in [2.24, 2.45) is 0 Å². The number of carboxylic acids is 1. The van der Waals surface area contributed by atoms with Crippen LogP contribution in [0.3, 0.4) is 0 Å². The monoisotopic (exact) mass is 319 g/mol. The van der Waals surface area contributed by atoms with Gasteiger partial charge in [0.25, 0.3) is 0 Å². The Balaban J connectivity index is 2.95. The SMILES string of the molecule is C/C(=C\C(=O)N(C(C)C)C(C)C)c1cccc(OCC(=O)O)c1. The maximum Gasteiger partial charge on any atom is 0.341 e. The zero-order chi connectivity index (χ0) is 17.6. The van der Waals surface area contributed by atoms with Gasteiger partial charge < -0.3 is 14.7 Å². The number of hydrogen-bond acceptors (Lipinski definition) is 3. The number of rotatable bonds is 7. The molecule has 1 aromatic carbocycles. The molecule has 0 aliphatic carbocycles. The third-order valence-corrected chi connectivity index (χ3v) is 3.36. The summed E-state index contributed by atoms with van der Waals surface area (Å²) in [4.78, 5) is 24.8. The Morgan fingerprint density at radius 3 is 2.35 bits per heavy atom. The van der Waals surface area contributed by atoms with Crippen LogP contribution in [-0.4, -0.2) is 40.6 Å². The Morgan fingerprint density at radius 1 is 1.22 bits per heavy atom. The highest BCUT2D eigenvalue weighted by Crippen LogP contribution is 2.21. The van der Waals surface area contributed by atoms with E-state index in [1.165, 1.54) is 0 Å². The molecule has 23 heavy (non-hydrogen) atoms. The average Bonchev–Trinajstić information content (AvgIpc) is 2.44. The Kier molecular flexibility index (Phi) is 6.82. The van der Waals surface area contributed by atoms with E-state index in [4.69, 9.17) is 9.84 Å². The van der Waals surface area contributed by atoms with Crippen molar-refractivity contribution in [3.05, 3.63) is 35.9 Å². The highest BCUT2D eigenvalue weighted by atomic mass is 16.5. The molecule has 0 atom stereocenters. The summed E-state index contributed by atoms with van der Waals surface area (Å²) in [6.45, 7) is 9.42. The second kappa shape index (κ2) is 8.36. The number of aliphatic carboxylic acids is 1. The number of carboxylic acid groups (broad SMARTS) is 1. The van der Waals surface area contributed by atoms with Gasteiger partial charge in [0.15, 0.2) is 6.61 Å². The van der Waals surface area contributed by atoms with Crippen molar-refractivity contribution in [3.8, 4) is 5.75 Å². The van der Waals surface area contributed by atoms with Gasteiger partial charge in [-0.25, -0.2) is 4.79 Å². The van der Waals surface area contributed by atoms with Gasteiger partial charge >= 0.3 is 5.97 Å². The lowest BCUT2D eigenvalue weighted by molar-refractivity contribution is -0.139. The summed E-state index contributed by atoms with van der Waals surface area (Å²) in [6.07, 6.45) is 1.61. The van der Waals surface area contributed by atoms with Crippen molar-refractivity contribution in [2.75, 3.05) is 6.61 Å². The van der Waals surface area contributed by atoms with Gasteiger partial charge in [0, 0.05) is 18.2 Å². The van der Waals surface area contributed by atoms with Crippen molar-refractivity contribution in [3.63, 3.8) is 0 Å². The summed E-state index contributed by atoms with van der Waals surface area (Å²) in [5, 5.41) is 8.65. The predicted molar refractivity (Wildman–Crippen MR) is 90.3 cm³/mol. The Bertz CT molecular complexity index is 582. The topological polar surface area (TPSA) is 66.8 Å². The molecule has 1 amide bonds. The minimum absolute atomic E-state index is 0.0376. The predicted octanol–water partition coefficient (Wildman–Crippen LogP) is 3.20. The highest BCUT2D eigenvalue weighted by molar-refractivity contribution is 5.95. The summed E-state index contributed by atoms with van der Waals surface area (Å²) in [7, 11) is 0. The minimum atomic E-state index is -1.03. The van der Waals surface area contributed by atoms with Crippen molar-refractivity contribution >= 4 is 17.4 Å². The number of carbonyl (C=O) groups excluding carboxylic acids is 1. The summed E-state index contributed by atoms with van der Waals surface area (Å²) >= 11 is 0. The van der Waals surface area contributed by atoms with Gasteiger partial charge in [-0.05, 0) is 57.9 Å². The van der Waals surface area contributed by atoms with Crippen LogP contribution in [0, 0.1) is 0 Å². The van der Waals surface area contributed by atoms with E-state index in [0.29, 0.717) is 5.75 Å². The number of hydrogen-bond donors (Lipinski definition) is 1. The molecule has 5 nitrogen and oxygen atoms in total. The molecule has 5 heteroatoms. The van der Waals surface area contributed by atoms with Gasteiger partial charge in [0.2, 0.25) is 5.91 Å². The second-order valence-corrected chi connectivity index (χ2v) is 5.97. The number of amides is 1. The average molecular weight is 319 g/mol. The Hall–Kier alpha value is -2.30. The first-order valence-electron chi connectivity index (χ1n) is 7.68. The Labute approximate surface area is 137 Å². The summed E-state index contributed by atoms with van der Waals surface area (Å²) < 4.78 is 5.17. The third-order valence-electron chi connectivity index (χ3n) is 3.36. The van der Waals surface area contributed by atoms with Crippen LogP contribution in [-0.2, 0) is 9.59 Å². The van der Waals surface area contributed by atoms with Crippen molar-refractivity contribution in [1.29, 1.82) is 0 Å². The maximum absolute atomic E-state index is 12.5. The van der Waals surface area contributed by atoms with E-state index in [1.807, 2.05) is 45.6 Å².